The average molecular weight is 393 g/mol. The summed E-state index contributed by atoms with van der Waals surface area (Å²) in [5.41, 5.74) is 1.58. The molecule has 1 aliphatic rings. The first-order chi connectivity index (χ1) is 12.9. The molecule has 148 valence electrons. The fourth-order valence-corrected chi connectivity index (χ4v) is 3.96. The third-order valence-corrected chi connectivity index (χ3v) is 5.65. The first-order valence-corrected chi connectivity index (χ1v) is 10.6. The Kier molecular flexibility index (Phi) is 8.64. The number of carboxylic acids is 1. The van der Waals surface area contributed by atoms with Crippen LogP contribution in [-0.4, -0.2) is 34.7 Å². The second kappa shape index (κ2) is 11.0. The predicted molar refractivity (Wildman–Crippen MR) is 108 cm³/mol. The molecule has 7 heteroatoms. The van der Waals surface area contributed by atoms with Crippen molar-refractivity contribution >= 4 is 35.2 Å². The van der Waals surface area contributed by atoms with E-state index in [0.717, 1.165) is 18.4 Å². The molecule has 0 radical (unpaired) electrons. The van der Waals surface area contributed by atoms with Gasteiger partial charge in [-0.25, -0.2) is 0 Å². The lowest BCUT2D eigenvalue weighted by Crippen LogP contribution is -2.42. The van der Waals surface area contributed by atoms with Gasteiger partial charge in [0, 0.05) is 17.9 Å². The van der Waals surface area contributed by atoms with Crippen LogP contribution in [0, 0.1) is 5.92 Å². The summed E-state index contributed by atoms with van der Waals surface area (Å²) in [5, 5.41) is 14.3. The average Bonchev–Trinajstić information content (AvgIpc) is 2.62. The van der Waals surface area contributed by atoms with E-state index in [1.54, 1.807) is 13.0 Å². The quantitative estimate of drug-likeness (QED) is 0.598. The number of carboxylic acid groups (broad SMARTS) is 1. The van der Waals surface area contributed by atoms with E-state index in [9.17, 15) is 14.4 Å². The molecular formula is C20H28N2O4S. The van der Waals surface area contributed by atoms with E-state index in [4.69, 9.17) is 5.11 Å². The number of thioether (sulfide) groups is 1. The minimum absolute atomic E-state index is 0.0423. The van der Waals surface area contributed by atoms with Gasteiger partial charge in [-0.15, -0.1) is 11.8 Å². The lowest BCUT2D eigenvalue weighted by atomic mass is 9.87. The maximum absolute atomic E-state index is 12.3. The van der Waals surface area contributed by atoms with Crippen LogP contribution in [0.4, 0.5) is 5.69 Å². The number of amides is 2. The highest BCUT2D eigenvalue weighted by Gasteiger charge is 2.20. The lowest BCUT2D eigenvalue weighted by Gasteiger charge is -2.22. The van der Waals surface area contributed by atoms with E-state index >= 15 is 0 Å². The molecule has 27 heavy (non-hydrogen) atoms. The number of aliphatic carboxylic acids is 1. The largest absolute Gasteiger partial charge is 0.481 e. The molecule has 2 amide bonds. The molecule has 0 saturated heterocycles. The second-order valence-electron chi connectivity index (χ2n) is 7.07. The van der Waals surface area contributed by atoms with Crippen molar-refractivity contribution in [3.63, 3.8) is 0 Å². The molecular weight excluding hydrogens is 364 g/mol. The van der Waals surface area contributed by atoms with Gasteiger partial charge in [0.25, 0.3) is 0 Å². The van der Waals surface area contributed by atoms with Crippen LogP contribution in [0.5, 0.6) is 0 Å². The maximum atomic E-state index is 12.3. The standard InChI is InChI=1S/C20H28N2O4S/c1-14(21-18(23)11-15-6-3-2-4-7-15)20(26)22-17-9-5-8-16(10-17)12-27-13-19(24)25/h5,8-10,14-15H,2-4,6-7,11-13H2,1H3,(H,21,23)(H,22,26)(H,24,25). The van der Waals surface area contributed by atoms with Crippen molar-refractivity contribution in [3.8, 4) is 0 Å². The van der Waals surface area contributed by atoms with Gasteiger partial charge >= 0.3 is 5.97 Å². The summed E-state index contributed by atoms with van der Waals surface area (Å²) in [6.45, 7) is 1.68. The van der Waals surface area contributed by atoms with E-state index in [2.05, 4.69) is 10.6 Å². The topological polar surface area (TPSA) is 95.5 Å². The van der Waals surface area contributed by atoms with Gasteiger partial charge in [0.2, 0.25) is 11.8 Å². The smallest absolute Gasteiger partial charge is 0.313 e. The number of hydrogen-bond acceptors (Lipinski definition) is 4. The lowest BCUT2D eigenvalue weighted by molar-refractivity contribution is -0.134. The molecule has 1 saturated carbocycles. The molecule has 1 aliphatic carbocycles. The monoisotopic (exact) mass is 392 g/mol. The number of rotatable bonds is 9. The molecule has 1 unspecified atom stereocenters. The zero-order chi connectivity index (χ0) is 19.6. The van der Waals surface area contributed by atoms with E-state index in [-0.39, 0.29) is 17.6 Å². The third-order valence-electron chi connectivity index (χ3n) is 4.66. The molecule has 3 N–H and O–H groups in total. The van der Waals surface area contributed by atoms with Crippen LogP contribution in [0.3, 0.4) is 0 Å². The number of benzene rings is 1. The Bertz CT molecular complexity index is 659. The van der Waals surface area contributed by atoms with Crippen molar-refractivity contribution in [2.75, 3.05) is 11.1 Å². The summed E-state index contributed by atoms with van der Waals surface area (Å²) in [6.07, 6.45) is 6.32. The van der Waals surface area contributed by atoms with E-state index < -0.39 is 12.0 Å². The number of carbonyl (C=O) groups is 3. The van der Waals surface area contributed by atoms with Crippen LogP contribution in [0.2, 0.25) is 0 Å². The normalized spacial score (nSPS) is 15.7. The molecule has 1 aromatic carbocycles. The Morgan fingerprint density at radius 1 is 1.22 bits per heavy atom. The first kappa shape index (κ1) is 21.3. The fraction of sp³-hybridized carbons (Fsp3) is 0.550. The Morgan fingerprint density at radius 2 is 1.96 bits per heavy atom. The summed E-state index contributed by atoms with van der Waals surface area (Å²) >= 11 is 1.30. The Hall–Kier alpha value is -2.02. The van der Waals surface area contributed by atoms with Gasteiger partial charge in [-0.3, -0.25) is 14.4 Å². The number of hydrogen-bond donors (Lipinski definition) is 3. The van der Waals surface area contributed by atoms with Gasteiger partial charge in [-0.05, 0) is 43.4 Å². The molecule has 1 aromatic rings. The summed E-state index contributed by atoms with van der Waals surface area (Å²) in [6, 6.07) is 6.70. The Balaban J connectivity index is 1.79. The molecule has 6 nitrogen and oxygen atoms in total. The third kappa shape index (κ3) is 8.03. The van der Waals surface area contributed by atoms with E-state index in [1.165, 1.54) is 31.0 Å². The maximum Gasteiger partial charge on any atom is 0.313 e. The molecule has 1 fully saturated rings. The van der Waals surface area contributed by atoms with Crippen LogP contribution in [0.15, 0.2) is 24.3 Å². The highest BCUT2D eigenvalue weighted by atomic mass is 32.2. The summed E-state index contributed by atoms with van der Waals surface area (Å²) in [7, 11) is 0. The molecule has 0 aliphatic heterocycles. The van der Waals surface area contributed by atoms with Crippen molar-refractivity contribution < 1.29 is 19.5 Å². The summed E-state index contributed by atoms with van der Waals surface area (Å²) in [4.78, 5) is 35.1. The van der Waals surface area contributed by atoms with Crippen molar-refractivity contribution in [2.24, 2.45) is 5.92 Å². The van der Waals surface area contributed by atoms with Gasteiger partial charge in [0.1, 0.15) is 6.04 Å². The molecule has 2 rings (SSSR count). The minimum Gasteiger partial charge on any atom is -0.481 e. The van der Waals surface area contributed by atoms with Gasteiger partial charge in [0.05, 0.1) is 5.75 Å². The van der Waals surface area contributed by atoms with Crippen LogP contribution >= 0.6 is 11.8 Å². The number of nitrogens with one attached hydrogen (secondary N) is 2. The SMILES string of the molecule is CC(NC(=O)CC1CCCCC1)C(=O)Nc1cccc(CSCC(=O)O)c1. The number of carbonyl (C=O) groups excluding carboxylic acids is 2. The van der Waals surface area contributed by atoms with Crippen LogP contribution < -0.4 is 10.6 Å². The van der Waals surface area contributed by atoms with E-state index in [0.29, 0.717) is 23.8 Å². The minimum atomic E-state index is -0.845. The van der Waals surface area contributed by atoms with Crippen LogP contribution in [-0.2, 0) is 20.1 Å². The fourth-order valence-electron chi connectivity index (χ4n) is 3.26. The van der Waals surface area contributed by atoms with Crippen molar-refractivity contribution in [1.29, 1.82) is 0 Å². The first-order valence-electron chi connectivity index (χ1n) is 9.42. The summed E-state index contributed by atoms with van der Waals surface area (Å²) in [5.74, 6) is -0.133. The number of anilines is 1. The highest BCUT2D eigenvalue weighted by Crippen LogP contribution is 2.26. The van der Waals surface area contributed by atoms with Gasteiger partial charge in [0.15, 0.2) is 0 Å². The zero-order valence-corrected chi connectivity index (χ0v) is 16.5. The zero-order valence-electron chi connectivity index (χ0n) is 15.7. The Morgan fingerprint density at radius 3 is 2.67 bits per heavy atom. The van der Waals surface area contributed by atoms with Crippen molar-refractivity contribution in [2.45, 2.75) is 57.2 Å². The molecule has 0 spiro atoms. The summed E-state index contributed by atoms with van der Waals surface area (Å²) < 4.78 is 0. The molecule has 0 aromatic heterocycles. The second-order valence-corrected chi connectivity index (χ2v) is 8.06. The van der Waals surface area contributed by atoms with Gasteiger partial charge < -0.3 is 15.7 Å². The predicted octanol–water partition coefficient (Wildman–Crippen LogP) is 3.42. The van der Waals surface area contributed by atoms with Crippen molar-refractivity contribution in [3.05, 3.63) is 29.8 Å². The molecule has 0 heterocycles. The van der Waals surface area contributed by atoms with Crippen LogP contribution in [0.1, 0.15) is 51.0 Å². The highest BCUT2D eigenvalue weighted by molar-refractivity contribution is 7.99. The van der Waals surface area contributed by atoms with E-state index in [1.807, 2.05) is 18.2 Å². The Labute approximate surface area is 164 Å². The molecule has 0 bridgehead atoms. The van der Waals surface area contributed by atoms with Gasteiger partial charge in [-0.1, -0.05) is 31.4 Å². The van der Waals surface area contributed by atoms with Crippen LogP contribution in [0.25, 0.3) is 0 Å². The molecule has 1 atom stereocenters. The van der Waals surface area contributed by atoms with Crippen molar-refractivity contribution in [1.82, 2.24) is 5.32 Å². The van der Waals surface area contributed by atoms with Gasteiger partial charge in [-0.2, -0.15) is 0 Å².